The molecule has 1 unspecified atom stereocenters. The van der Waals surface area contributed by atoms with Crippen LogP contribution >= 0.6 is 27.5 Å². The summed E-state index contributed by atoms with van der Waals surface area (Å²) < 4.78 is 1.07. The number of anilines is 1. The molecule has 0 spiro atoms. The van der Waals surface area contributed by atoms with Gasteiger partial charge < -0.3 is 4.90 Å². The van der Waals surface area contributed by atoms with E-state index in [0.717, 1.165) is 34.0 Å². The topological polar surface area (TPSA) is 40.6 Å². The van der Waals surface area contributed by atoms with Crippen molar-refractivity contribution in [2.45, 2.75) is 79.8 Å². The summed E-state index contributed by atoms with van der Waals surface area (Å²) in [6.45, 7) is 18.0. The molecule has 2 heterocycles. The molecule has 196 valence electrons. The summed E-state index contributed by atoms with van der Waals surface area (Å²) in [6, 6.07) is 13.0. The van der Waals surface area contributed by atoms with E-state index < -0.39 is 5.54 Å². The molecule has 0 aromatic heterocycles. The minimum Gasteiger partial charge on any atom is -0.305 e. The molecular weight excluding hydrogens is 536 g/mol. The van der Waals surface area contributed by atoms with Gasteiger partial charge >= 0.3 is 6.03 Å². The minimum atomic E-state index is -0.846. The van der Waals surface area contributed by atoms with Crippen LogP contribution in [0.1, 0.15) is 71.1 Å². The van der Waals surface area contributed by atoms with Crippen molar-refractivity contribution >= 4 is 45.2 Å². The number of rotatable bonds is 3. The van der Waals surface area contributed by atoms with Crippen molar-refractivity contribution in [1.82, 2.24) is 4.90 Å². The van der Waals surface area contributed by atoms with Gasteiger partial charge in [0.05, 0.1) is 5.69 Å². The molecule has 1 fully saturated rings. The molecule has 3 amide bonds. The number of nitrogens with zero attached hydrogens (tertiary/aromatic N) is 2. The maximum atomic E-state index is 13.1. The minimum absolute atomic E-state index is 0.191. The van der Waals surface area contributed by atoms with E-state index in [1.54, 1.807) is 17.0 Å². The van der Waals surface area contributed by atoms with Crippen LogP contribution in [0.25, 0.3) is 0 Å². The Morgan fingerprint density at radius 3 is 2.19 bits per heavy atom. The number of hydrogen-bond donors (Lipinski definition) is 0. The first kappa shape index (κ1) is 31.7. The number of carbonyl (C=O) groups excluding carboxylic acids is 2. The van der Waals surface area contributed by atoms with Gasteiger partial charge in [0.25, 0.3) is 5.91 Å². The number of urea groups is 1. The Morgan fingerprint density at radius 1 is 1.14 bits per heavy atom. The van der Waals surface area contributed by atoms with Crippen LogP contribution in [0, 0.1) is 6.92 Å². The quantitative estimate of drug-likeness (QED) is 0.270. The summed E-state index contributed by atoms with van der Waals surface area (Å²) in [7, 11) is 0. The lowest BCUT2D eigenvalue weighted by Crippen LogP contribution is -2.51. The second kappa shape index (κ2) is 15.0. The standard InChI is InChI=1S/C19H17ClN2O2.C5H10.C4H7Br.C2H6/c1-12-7-15(20)9-16(8-12)22-17(23)19(2)10-13-5-3-4-6-14(13)11-21(19)18(22)24;1-3-5-4-2;1-3-4(2)5;1-2/h3-9H,10-11H2,1-2H3;3,5H,4H2,1-2H3;2-3H2,1H3;1-2H3/b;5-3-;;. The molecule has 0 bridgehead atoms. The van der Waals surface area contributed by atoms with E-state index in [1.807, 2.05) is 65.0 Å². The average molecular weight is 576 g/mol. The van der Waals surface area contributed by atoms with Crippen molar-refractivity contribution in [2.24, 2.45) is 0 Å². The van der Waals surface area contributed by atoms with Crippen LogP contribution in [0.15, 0.2) is 65.7 Å². The zero-order valence-electron chi connectivity index (χ0n) is 22.7. The van der Waals surface area contributed by atoms with Gasteiger partial charge in [0.1, 0.15) is 5.54 Å². The molecule has 6 heteroatoms. The summed E-state index contributed by atoms with van der Waals surface area (Å²) in [5.41, 5.74) is 2.83. The number of hydrogen-bond acceptors (Lipinski definition) is 2. The fourth-order valence-electron chi connectivity index (χ4n) is 3.92. The third-order valence-electron chi connectivity index (χ3n) is 5.80. The molecule has 0 aliphatic carbocycles. The van der Waals surface area contributed by atoms with Crippen LogP contribution in [0.3, 0.4) is 0 Å². The summed E-state index contributed by atoms with van der Waals surface area (Å²) in [5.74, 6) is -0.191. The highest BCUT2D eigenvalue weighted by Crippen LogP contribution is 2.40. The summed E-state index contributed by atoms with van der Waals surface area (Å²) in [6.07, 6.45) is 6.90. The molecule has 2 aromatic carbocycles. The number of halogens is 2. The summed E-state index contributed by atoms with van der Waals surface area (Å²) in [4.78, 5) is 29.0. The maximum Gasteiger partial charge on any atom is 0.332 e. The largest absolute Gasteiger partial charge is 0.332 e. The molecule has 36 heavy (non-hydrogen) atoms. The van der Waals surface area contributed by atoms with E-state index in [9.17, 15) is 9.59 Å². The van der Waals surface area contributed by atoms with Crippen LogP contribution in [0.4, 0.5) is 10.5 Å². The lowest BCUT2D eigenvalue weighted by Gasteiger charge is -2.37. The summed E-state index contributed by atoms with van der Waals surface area (Å²) >= 11 is 9.30. The van der Waals surface area contributed by atoms with Gasteiger partial charge in [-0.2, -0.15) is 0 Å². The number of imide groups is 1. The monoisotopic (exact) mass is 574 g/mol. The van der Waals surface area contributed by atoms with E-state index in [0.29, 0.717) is 23.7 Å². The van der Waals surface area contributed by atoms with Crippen LogP contribution < -0.4 is 4.90 Å². The number of amides is 3. The Labute approximate surface area is 231 Å². The van der Waals surface area contributed by atoms with E-state index in [4.69, 9.17) is 11.6 Å². The predicted molar refractivity (Wildman–Crippen MR) is 158 cm³/mol. The van der Waals surface area contributed by atoms with E-state index in [-0.39, 0.29) is 11.9 Å². The average Bonchev–Trinajstić information content (AvgIpc) is 3.04. The van der Waals surface area contributed by atoms with Crippen LogP contribution in [0.5, 0.6) is 0 Å². The second-order valence-corrected chi connectivity index (χ2v) is 10.1. The number of aryl methyl sites for hydroxylation is 1. The van der Waals surface area contributed by atoms with Gasteiger partial charge in [-0.05, 0) is 73.0 Å². The van der Waals surface area contributed by atoms with Crippen molar-refractivity contribution in [3.8, 4) is 0 Å². The molecule has 2 aliphatic rings. The highest BCUT2D eigenvalue weighted by molar-refractivity contribution is 9.11. The van der Waals surface area contributed by atoms with Gasteiger partial charge in [-0.1, -0.05) is 98.2 Å². The molecule has 1 atom stereocenters. The van der Waals surface area contributed by atoms with E-state index in [2.05, 4.69) is 48.5 Å². The SMILES string of the molecule is C/C=C\CC.C=C(Br)CC.CC.Cc1cc(Cl)cc(N2C(=O)N3Cc4ccccc4CC3(C)C2=O)c1. The Balaban J connectivity index is 0.000000457. The predicted octanol–water partition coefficient (Wildman–Crippen LogP) is 9.24. The zero-order chi connectivity index (χ0) is 27.5. The van der Waals surface area contributed by atoms with E-state index in [1.165, 1.54) is 4.90 Å². The molecule has 0 N–H and O–H groups in total. The molecule has 1 saturated heterocycles. The Bertz CT molecular complexity index is 1060. The van der Waals surface area contributed by atoms with Crippen LogP contribution in [-0.2, 0) is 17.8 Å². The van der Waals surface area contributed by atoms with Gasteiger partial charge in [0.2, 0.25) is 0 Å². The number of benzene rings is 2. The van der Waals surface area contributed by atoms with Crippen molar-refractivity contribution in [2.75, 3.05) is 4.90 Å². The first-order valence-electron chi connectivity index (χ1n) is 12.5. The maximum absolute atomic E-state index is 13.1. The van der Waals surface area contributed by atoms with Crippen molar-refractivity contribution in [1.29, 1.82) is 0 Å². The lowest BCUT2D eigenvalue weighted by molar-refractivity contribution is -0.124. The first-order chi connectivity index (χ1) is 17.1. The molecule has 4 rings (SSSR count). The molecular formula is C30H40BrClN2O2. The molecule has 0 radical (unpaired) electrons. The third-order valence-corrected chi connectivity index (χ3v) is 6.58. The fourth-order valence-corrected chi connectivity index (χ4v) is 4.21. The Morgan fingerprint density at radius 2 is 1.72 bits per heavy atom. The van der Waals surface area contributed by atoms with Gasteiger partial charge in [0.15, 0.2) is 0 Å². The third kappa shape index (κ3) is 7.81. The second-order valence-electron chi connectivity index (χ2n) is 8.56. The number of fused-ring (bicyclic) bond motifs is 2. The van der Waals surface area contributed by atoms with Crippen molar-refractivity contribution in [3.05, 3.63) is 87.4 Å². The van der Waals surface area contributed by atoms with Gasteiger partial charge in [-0.25, -0.2) is 9.69 Å². The van der Waals surface area contributed by atoms with Crippen LogP contribution in [0.2, 0.25) is 5.02 Å². The van der Waals surface area contributed by atoms with Crippen molar-refractivity contribution < 1.29 is 9.59 Å². The van der Waals surface area contributed by atoms with Gasteiger partial charge in [0, 0.05) is 18.0 Å². The zero-order valence-corrected chi connectivity index (χ0v) is 25.0. The van der Waals surface area contributed by atoms with Crippen molar-refractivity contribution in [3.63, 3.8) is 0 Å². The van der Waals surface area contributed by atoms with E-state index >= 15 is 0 Å². The highest BCUT2D eigenvalue weighted by atomic mass is 79.9. The highest BCUT2D eigenvalue weighted by Gasteiger charge is 2.56. The summed E-state index contributed by atoms with van der Waals surface area (Å²) in [5, 5.41) is 0.518. The fraction of sp³-hybridized carbons (Fsp3) is 0.400. The number of carbonyl (C=O) groups is 2. The Hall–Kier alpha value is -2.37. The molecule has 2 aromatic rings. The number of allylic oxidation sites excluding steroid dienone is 3. The van der Waals surface area contributed by atoms with Gasteiger partial charge in [-0.3, -0.25) is 4.79 Å². The smallest absolute Gasteiger partial charge is 0.305 e. The van der Waals surface area contributed by atoms with Gasteiger partial charge in [-0.15, -0.1) is 0 Å². The first-order valence-corrected chi connectivity index (χ1v) is 13.7. The Kier molecular flexibility index (Phi) is 13.2. The molecule has 0 saturated carbocycles. The molecule has 2 aliphatic heterocycles. The lowest BCUT2D eigenvalue weighted by atomic mass is 9.85. The molecule has 4 nitrogen and oxygen atoms in total. The normalized spacial score (nSPS) is 17.7. The van der Waals surface area contributed by atoms with Crippen LogP contribution in [-0.4, -0.2) is 22.4 Å².